The lowest BCUT2D eigenvalue weighted by molar-refractivity contribution is -0.142. The Morgan fingerprint density at radius 2 is 1.00 bits per heavy atom. The molecule has 0 aliphatic carbocycles. The van der Waals surface area contributed by atoms with Gasteiger partial charge in [0.1, 0.15) is 29.6 Å². The van der Waals surface area contributed by atoms with Crippen molar-refractivity contribution < 1.29 is 44.1 Å². The Morgan fingerprint density at radius 3 is 1.47 bits per heavy atom. The minimum absolute atomic E-state index is 0.0263. The van der Waals surface area contributed by atoms with Crippen molar-refractivity contribution in [3.63, 3.8) is 0 Å². The van der Waals surface area contributed by atoms with Gasteiger partial charge in [0, 0.05) is 19.3 Å². The summed E-state index contributed by atoms with van der Waals surface area (Å²) >= 11 is 0. The number of aromatic hydroxyl groups is 2. The number of carbonyl (C=O) groups excluding carboxylic acids is 5. The van der Waals surface area contributed by atoms with Crippen LogP contribution in [-0.4, -0.2) is 75.0 Å². The largest absolute Gasteiger partial charge is 0.508 e. The summed E-state index contributed by atoms with van der Waals surface area (Å²) in [5.74, 6) is -5.52. The van der Waals surface area contributed by atoms with Crippen LogP contribution in [0.5, 0.6) is 11.5 Å². The molecule has 12 N–H and O–H groups in total. The molecule has 15 nitrogen and oxygen atoms in total. The number of nitrogens with one attached hydrogen (secondary N) is 3. The molecule has 2 aromatic rings. The highest BCUT2D eigenvalue weighted by molar-refractivity contribution is 5.94. The normalized spacial score (nSPS) is 13.5. The van der Waals surface area contributed by atoms with Gasteiger partial charge in [0.25, 0.3) is 0 Å². The highest BCUT2D eigenvalue weighted by atomic mass is 16.4. The van der Waals surface area contributed by atoms with Gasteiger partial charge in [-0.1, -0.05) is 24.3 Å². The third-order valence-electron chi connectivity index (χ3n) is 6.34. The number of aliphatic carboxylic acids is 1. The lowest BCUT2D eigenvalue weighted by Gasteiger charge is -2.25. The number of rotatable bonds is 17. The first-order valence-electron chi connectivity index (χ1n) is 13.3. The first kappa shape index (κ1) is 34.0. The summed E-state index contributed by atoms with van der Waals surface area (Å²) in [6.45, 7) is 0. The van der Waals surface area contributed by atoms with E-state index >= 15 is 0 Å². The minimum atomic E-state index is -1.50. The lowest BCUT2D eigenvalue weighted by atomic mass is 10.0. The summed E-state index contributed by atoms with van der Waals surface area (Å²) in [6.07, 6.45) is -1.25. The van der Waals surface area contributed by atoms with Crippen molar-refractivity contribution in [2.75, 3.05) is 0 Å². The SMILES string of the molecule is NC(=O)CCC(NC(=O)C(Cc1ccc(O)cc1)NC(=O)C(CCC(N)=O)NC(=O)C(N)Cc1ccc(O)cc1)C(=O)O. The fraction of sp³-hybridized carbons (Fsp3) is 0.357. The zero-order valence-electron chi connectivity index (χ0n) is 23.2. The molecule has 232 valence electrons. The van der Waals surface area contributed by atoms with Gasteiger partial charge in [0.05, 0.1) is 6.04 Å². The van der Waals surface area contributed by atoms with Crippen molar-refractivity contribution in [2.45, 2.75) is 62.7 Å². The smallest absolute Gasteiger partial charge is 0.326 e. The molecular weight excluding hydrogens is 564 g/mol. The van der Waals surface area contributed by atoms with Gasteiger partial charge in [0.15, 0.2) is 0 Å². The van der Waals surface area contributed by atoms with Crippen molar-refractivity contribution in [1.82, 2.24) is 16.0 Å². The van der Waals surface area contributed by atoms with Crippen LogP contribution >= 0.6 is 0 Å². The van der Waals surface area contributed by atoms with E-state index in [9.17, 15) is 44.1 Å². The van der Waals surface area contributed by atoms with E-state index in [1.54, 1.807) is 12.1 Å². The predicted molar refractivity (Wildman–Crippen MR) is 152 cm³/mol. The van der Waals surface area contributed by atoms with Crippen molar-refractivity contribution in [3.8, 4) is 11.5 Å². The van der Waals surface area contributed by atoms with Gasteiger partial charge in [-0.3, -0.25) is 24.0 Å². The van der Waals surface area contributed by atoms with E-state index in [2.05, 4.69) is 16.0 Å². The Hall–Kier alpha value is -5.18. The van der Waals surface area contributed by atoms with Crippen molar-refractivity contribution in [1.29, 1.82) is 0 Å². The Labute approximate surface area is 246 Å². The molecule has 2 rings (SSSR count). The third kappa shape index (κ3) is 12.1. The van der Waals surface area contributed by atoms with Crippen LogP contribution in [0.1, 0.15) is 36.8 Å². The van der Waals surface area contributed by atoms with Crippen molar-refractivity contribution in [3.05, 3.63) is 59.7 Å². The molecule has 4 unspecified atom stereocenters. The van der Waals surface area contributed by atoms with Gasteiger partial charge < -0.3 is 48.5 Å². The summed E-state index contributed by atoms with van der Waals surface area (Å²) in [5, 5.41) is 35.8. The molecule has 0 saturated carbocycles. The highest BCUT2D eigenvalue weighted by Crippen LogP contribution is 2.13. The number of hydrogen-bond acceptors (Lipinski definition) is 9. The molecule has 0 fully saturated rings. The number of primary amides is 2. The summed E-state index contributed by atoms with van der Waals surface area (Å²) in [6, 6.07) is 6.30. The molecular formula is C28H36N6O9. The molecule has 0 spiro atoms. The number of hydrogen-bond donors (Lipinski definition) is 9. The average Bonchev–Trinajstić information content (AvgIpc) is 2.94. The minimum Gasteiger partial charge on any atom is -0.508 e. The first-order valence-corrected chi connectivity index (χ1v) is 13.3. The maximum Gasteiger partial charge on any atom is 0.326 e. The fourth-order valence-electron chi connectivity index (χ4n) is 3.98. The number of nitrogens with two attached hydrogens (primary N) is 3. The van der Waals surface area contributed by atoms with Crippen LogP contribution in [0.15, 0.2) is 48.5 Å². The zero-order valence-corrected chi connectivity index (χ0v) is 23.2. The monoisotopic (exact) mass is 600 g/mol. The number of carbonyl (C=O) groups is 6. The van der Waals surface area contributed by atoms with Gasteiger partial charge in [-0.25, -0.2) is 4.79 Å². The zero-order chi connectivity index (χ0) is 32.1. The maximum absolute atomic E-state index is 13.4. The molecule has 5 amide bonds. The van der Waals surface area contributed by atoms with Crippen LogP contribution in [0.2, 0.25) is 0 Å². The molecule has 0 aliphatic heterocycles. The van der Waals surface area contributed by atoms with Crippen LogP contribution in [0.25, 0.3) is 0 Å². The second-order valence-corrected chi connectivity index (χ2v) is 9.88. The van der Waals surface area contributed by atoms with Crippen LogP contribution < -0.4 is 33.2 Å². The number of phenols is 2. The van der Waals surface area contributed by atoms with E-state index in [4.69, 9.17) is 17.2 Å². The fourth-order valence-corrected chi connectivity index (χ4v) is 3.98. The second kappa shape index (κ2) is 16.3. The second-order valence-electron chi connectivity index (χ2n) is 9.88. The predicted octanol–water partition coefficient (Wildman–Crippen LogP) is -1.72. The third-order valence-corrected chi connectivity index (χ3v) is 6.34. The van der Waals surface area contributed by atoms with E-state index in [0.717, 1.165) is 0 Å². The van der Waals surface area contributed by atoms with Crippen LogP contribution in [-0.2, 0) is 41.6 Å². The quantitative estimate of drug-likeness (QED) is 0.0990. The van der Waals surface area contributed by atoms with Crippen molar-refractivity contribution in [2.24, 2.45) is 17.2 Å². The Bertz CT molecular complexity index is 1300. The van der Waals surface area contributed by atoms with Crippen LogP contribution in [0.3, 0.4) is 0 Å². The number of carboxylic acid groups (broad SMARTS) is 1. The lowest BCUT2D eigenvalue weighted by Crippen LogP contribution is -2.58. The number of amides is 5. The summed E-state index contributed by atoms with van der Waals surface area (Å²) in [5.41, 5.74) is 17.5. The van der Waals surface area contributed by atoms with E-state index in [1.807, 2.05) is 0 Å². The molecule has 0 heterocycles. The summed E-state index contributed by atoms with van der Waals surface area (Å²) < 4.78 is 0. The number of carboxylic acids is 1. The van der Waals surface area contributed by atoms with Crippen molar-refractivity contribution >= 4 is 35.5 Å². The van der Waals surface area contributed by atoms with E-state index in [1.165, 1.54) is 36.4 Å². The Balaban J connectivity index is 2.25. The van der Waals surface area contributed by atoms with E-state index in [-0.39, 0.29) is 50.0 Å². The Morgan fingerprint density at radius 1 is 0.605 bits per heavy atom. The van der Waals surface area contributed by atoms with Gasteiger partial charge in [-0.05, 0) is 54.7 Å². The molecule has 0 bridgehead atoms. The first-order chi connectivity index (χ1) is 20.2. The van der Waals surface area contributed by atoms with E-state index < -0.39 is 59.7 Å². The van der Waals surface area contributed by atoms with Gasteiger partial charge in [-0.15, -0.1) is 0 Å². The molecule has 4 atom stereocenters. The average molecular weight is 601 g/mol. The van der Waals surface area contributed by atoms with Gasteiger partial charge >= 0.3 is 5.97 Å². The summed E-state index contributed by atoms with van der Waals surface area (Å²) in [4.78, 5) is 73.7. The Kier molecular flexibility index (Phi) is 12.9. The molecule has 15 heteroatoms. The molecule has 0 saturated heterocycles. The molecule has 0 aliphatic rings. The topological polar surface area (TPSA) is 277 Å². The molecule has 0 radical (unpaired) electrons. The van der Waals surface area contributed by atoms with E-state index in [0.29, 0.717) is 11.1 Å². The maximum atomic E-state index is 13.4. The number of benzene rings is 2. The standard InChI is InChI=1S/C28H36N6O9/c29-19(13-15-1-5-17(35)6-2-15)25(39)32-20(9-11-23(30)37)26(40)34-22(14-16-3-7-18(36)8-4-16)27(41)33-21(28(42)43)10-12-24(31)38/h1-8,19-22,35-36H,9-14,29H2,(H2,30,37)(H2,31,38)(H,32,39)(H,33,41)(H,34,40)(H,42,43). The highest BCUT2D eigenvalue weighted by Gasteiger charge is 2.31. The van der Waals surface area contributed by atoms with Gasteiger partial charge in [-0.2, -0.15) is 0 Å². The van der Waals surface area contributed by atoms with Crippen LogP contribution in [0, 0.1) is 0 Å². The molecule has 43 heavy (non-hydrogen) atoms. The number of phenolic OH excluding ortho intramolecular Hbond substituents is 2. The molecule has 2 aromatic carbocycles. The molecule has 0 aromatic heterocycles. The van der Waals surface area contributed by atoms with Gasteiger partial charge in [0.2, 0.25) is 29.5 Å². The summed E-state index contributed by atoms with van der Waals surface area (Å²) in [7, 11) is 0. The van der Waals surface area contributed by atoms with Crippen LogP contribution in [0.4, 0.5) is 0 Å².